The van der Waals surface area contributed by atoms with Gasteiger partial charge < -0.3 is 5.73 Å². The van der Waals surface area contributed by atoms with Gasteiger partial charge >= 0.3 is 0 Å². The molecule has 4 nitrogen and oxygen atoms in total. The first-order valence-electron chi connectivity index (χ1n) is 8.42. The summed E-state index contributed by atoms with van der Waals surface area (Å²) < 4.78 is 28.8. The van der Waals surface area contributed by atoms with Crippen LogP contribution in [0.25, 0.3) is 10.4 Å². The van der Waals surface area contributed by atoms with Gasteiger partial charge in [0.2, 0.25) is 10.0 Å². The molecule has 1 heterocycles. The molecule has 1 aliphatic rings. The van der Waals surface area contributed by atoms with Crippen molar-refractivity contribution in [3.8, 4) is 10.4 Å². The smallest absolute Gasteiger partial charge is 0.250 e. The molecule has 1 fully saturated rings. The van der Waals surface area contributed by atoms with Crippen molar-refractivity contribution in [2.24, 2.45) is 0 Å². The minimum Gasteiger partial charge on any atom is -0.399 e. The van der Waals surface area contributed by atoms with Crippen LogP contribution < -0.4 is 10.5 Å². The second kappa shape index (κ2) is 6.23. The van der Waals surface area contributed by atoms with Crippen LogP contribution in [0.3, 0.4) is 0 Å². The molecule has 0 radical (unpaired) electrons. The minimum atomic E-state index is -3.53. The van der Waals surface area contributed by atoms with Crippen LogP contribution in [0.15, 0.2) is 70.9 Å². The number of anilines is 1. The van der Waals surface area contributed by atoms with E-state index >= 15 is 0 Å². The second-order valence-electron chi connectivity index (χ2n) is 6.90. The van der Waals surface area contributed by atoms with Gasteiger partial charge in [0.15, 0.2) is 0 Å². The summed E-state index contributed by atoms with van der Waals surface area (Å²) in [6.45, 7) is 2.10. The zero-order valence-electron chi connectivity index (χ0n) is 14.3. The van der Waals surface area contributed by atoms with Crippen molar-refractivity contribution >= 4 is 27.0 Å². The lowest BCUT2D eigenvalue weighted by molar-refractivity contribution is 0.576. The molecule has 0 amide bonds. The molecule has 0 aliphatic heterocycles. The largest absolute Gasteiger partial charge is 0.399 e. The Kier molecular flexibility index (Phi) is 4.14. The molecular formula is C20H20N2O2S2. The van der Waals surface area contributed by atoms with Gasteiger partial charge in [0.1, 0.15) is 4.21 Å². The fourth-order valence-corrected chi connectivity index (χ4v) is 5.86. The Labute approximate surface area is 157 Å². The van der Waals surface area contributed by atoms with E-state index in [9.17, 15) is 8.42 Å². The maximum Gasteiger partial charge on any atom is 0.250 e. The van der Waals surface area contributed by atoms with Crippen LogP contribution in [-0.2, 0) is 15.4 Å². The lowest BCUT2D eigenvalue weighted by atomic mass is 9.98. The zero-order chi connectivity index (χ0) is 18.4. The third kappa shape index (κ3) is 3.16. The van der Waals surface area contributed by atoms with Gasteiger partial charge in [-0.1, -0.05) is 49.4 Å². The fraction of sp³-hybridized carbons (Fsp3) is 0.200. The van der Waals surface area contributed by atoms with Gasteiger partial charge in [0.05, 0.1) is 0 Å². The van der Waals surface area contributed by atoms with Crippen molar-refractivity contribution in [3.05, 3.63) is 72.3 Å². The Morgan fingerprint density at radius 1 is 1.04 bits per heavy atom. The van der Waals surface area contributed by atoms with E-state index in [-0.39, 0.29) is 11.5 Å². The van der Waals surface area contributed by atoms with E-state index in [1.807, 2.05) is 48.5 Å². The summed E-state index contributed by atoms with van der Waals surface area (Å²) in [7, 11) is -3.53. The van der Waals surface area contributed by atoms with E-state index in [0.29, 0.717) is 9.90 Å². The molecule has 3 aromatic rings. The maximum atomic E-state index is 12.8. The Hall–Kier alpha value is -2.15. The number of nitrogens with one attached hydrogen (secondary N) is 1. The first-order chi connectivity index (χ1) is 12.4. The quantitative estimate of drug-likeness (QED) is 0.653. The average molecular weight is 385 g/mol. The standard InChI is InChI=1S/C20H20N2O2S2/c1-20(15-5-3-2-4-6-15)13-18(20)22-26(23,24)19-12-11-17(25-19)14-7-9-16(21)10-8-14/h2-12,18,22H,13,21H2,1H3/t18-,20+/m0/s1. The molecule has 0 bridgehead atoms. The van der Waals surface area contributed by atoms with Gasteiger partial charge in [-0.15, -0.1) is 11.3 Å². The molecule has 134 valence electrons. The van der Waals surface area contributed by atoms with Gasteiger partial charge in [-0.2, -0.15) is 0 Å². The van der Waals surface area contributed by atoms with Crippen molar-refractivity contribution in [1.29, 1.82) is 0 Å². The topological polar surface area (TPSA) is 72.2 Å². The number of nitrogens with two attached hydrogens (primary N) is 1. The number of rotatable bonds is 5. The van der Waals surface area contributed by atoms with Crippen LogP contribution >= 0.6 is 11.3 Å². The summed E-state index contributed by atoms with van der Waals surface area (Å²) in [5.74, 6) is 0. The number of thiophene rings is 1. The highest BCUT2D eigenvalue weighted by Crippen LogP contribution is 2.48. The molecule has 26 heavy (non-hydrogen) atoms. The van der Waals surface area contributed by atoms with Crippen molar-refractivity contribution in [2.75, 3.05) is 5.73 Å². The maximum absolute atomic E-state index is 12.8. The number of hydrogen-bond acceptors (Lipinski definition) is 4. The van der Waals surface area contributed by atoms with Crippen LogP contribution in [0.2, 0.25) is 0 Å². The molecular weight excluding hydrogens is 364 g/mol. The summed E-state index contributed by atoms with van der Waals surface area (Å²) in [6, 6.07) is 20.9. The number of sulfonamides is 1. The van der Waals surface area contributed by atoms with Gasteiger partial charge in [0, 0.05) is 22.0 Å². The van der Waals surface area contributed by atoms with Crippen LogP contribution in [0.1, 0.15) is 18.9 Å². The van der Waals surface area contributed by atoms with Crippen molar-refractivity contribution in [2.45, 2.75) is 29.0 Å². The summed E-state index contributed by atoms with van der Waals surface area (Å²) in [6.07, 6.45) is 0.812. The Bertz CT molecular complexity index is 1030. The molecule has 1 aliphatic carbocycles. The molecule has 2 atom stereocenters. The number of benzene rings is 2. The number of hydrogen-bond donors (Lipinski definition) is 2. The first-order valence-corrected chi connectivity index (χ1v) is 10.7. The molecule has 3 N–H and O–H groups in total. The first kappa shape index (κ1) is 17.3. The zero-order valence-corrected chi connectivity index (χ0v) is 16.0. The lowest BCUT2D eigenvalue weighted by Gasteiger charge is -2.12. The molecule has 1 saturated carbocycles. The Morgan fingerprint density at radius 3 is 2.42 bits per heavy atom. The predicted molar refractivity (Wildman–Crippen MR) is 107 cm³/mol. The van der Waals surface area contributed by atoms with Crippen LogP contribution in [0.5, 0.6) is 0 Å². The van der Waals surface area contributed by atoms with Gasteiger partial charge in [0.25, 0.3) is 0 Å². The molecule has 4 rings (SSSR count). The molecule has 0 spiro atoms. The summed E-state index contributed by atoms with van der Waals surface area (Å²) in [4.78, 5) is 0.909. The summed E-state index contributed by atoms with van der Waals surface area (Å²) >= 11 is 1.27. The third-order valence-electron chi connectivity index (χ3n) is 5.01. The second-order valence-corrected chi connectivity index (χ2v) is 9.93. The SMILES string of the molecule is C[C@]1(c2ccccc2)C[C@@H]1NS(=O)(=O)c1ccc(-c2ccc(N)cc2)s1. The van der Waals surface area contributed by atoms with E-state index in [1.165, 1.54) is 16.9 Å². The lowest BCUT2D eigenvalue weighted by Crippen LogP contribution is -2.29. The van der Waals surface area contributed by atoms with E-state index in [1.54, 1.807) is 6.07 Å². The molecule has 2 aromatic carbocycles. The van der Waals surface area contributed by atoms with E-state index in [2.05, 4.69) is 23.8 Å². The molecule has 6 heteroatoms. The van der Waals surface area contributed by atoms with Gasteiger partial charge in [-0.25, -0.2) is 13.1 Å². The van der Waals surface area contributed by atoms with Crippen molar-refractivity contribution in [1.82, 2.24) is 4.72 Å². The van der Waals surface area contributed by atoms with E-state index in [4.69, 9.17) is 5.73 Å². The monoisotopic (exact) mass is 384 g/mol. The van der Waals surface area contributed by atoms with E-state index in [0.717, 1.165) is 16.9 Å². The predicted octanol–water partition coefficient (Wildman–Crippen LogP) is 4.01. The van der Waals surface area contributed by atoms with Crippen molar-refractivity contribution in [3.63, 3.8) is 0 Å². The number of nitrogen functional groups attached to an aromatic ring is 1. The Balaban J connectivity index is 1.52. The van der Waals surface area contributed by atoms with Crippen LogP contribution in [-0.4, -0.2) is 14.5 Å². The fourth-order valence-electron chi connectivity index (χ4n) is 3.19. The highest BCUT2D eigenvalue weighted by molar-refractivity contribution is 7.91. The highest BCUT2D eigenvalue weighted by atomic mass is 32.2. The highest BCUT2D eigenvalue weighted by Gasteiger charge is 2.53. The van der Waals surface area contributed by atoms with Crippen LogP contribution in [0.4, 0.5) is 5.69 Å². The summed E-state index contributed by atoms with van der Waals surface area (Å²) in [5.41, 5.74) is 8.40. The molecule has 0 saturated heterocycles. The normalized spacial score (nSPS) is 22.3. The van der Waals surface area contributed by atoms with Crippen molar-refractivity contribution < 1.29 is 8.42 Å². The Morgan fingerprint density at radius 2 is 1.73 bits per heavy atom. The molecule has 0 unspecified atom stereocenters. The summed E-state index contributed by atoms with van der Waals surface area (Å²) in [5, 5.41) is 0. The average Bonchev–Trinajstić information content (AvgIpc) is 3.06. The minimum absolute atomic E-state index is 0.0722. The van der Waals surface area contributed by atoms with Crippen LogP contribution in [0, 0.1) is 0 Å². The van der Waals surface area contributed by atoms with Gasteiger partial charge in [-0.3, -0.25) is 0 Å². The third-order valence-corrected chi connectivity index (χ3v) is 8.11. The van der Waals surface area contributed by atoms with E-state index < -0.39 is 10.0 Å². The molecule has 1 aromatic heterocycles. The van der Waals surface area contributed by atoms with Gasteiger partial charge in [-0.05, 0) is 41.8 Å².